The fourth-order valence-corrected chi connectivity index (χ4v) is 1.93. The van der Waals surface area contributed by atoms with Gasteiger partial charge in [0.25, 0.3) is 0 Å². The molecule has 2 rings (SSSR count). The van der Waals surface area contributed by atoms with E-state index in [4.69, 9.17) is 0 Å². The quantitative estimate of drug-likeness (QED) is 0.941. The van der Waals surface area contributed by atoms with Crippen LogP contribution in [0.1, 0.15) is 17.4 Å². The van der Waals surface area contributed by atoms with Crippen molar-refractivity contribution in [3.8, 4) is 0 Å². The number of rotatable bonds is 4. The summed E-state index contributed by atoms with van der Waals surface area (Å²) < 4.78 is 1.10. The summed E-state index contributed by atoms with van der Waals surface area (Å²) in [6.45, 7) is 0. The van der Waals surface area contributed by atoms with Crippen LogP contribution in [0.25, 0.3) is 0 Å². The second-order valence-electron chi connectivity index (χ2n) is 3.78. The molecule has 1 N–H and O–H groups in total. The number of hydrogen-bond acceptors (Lipinski definition) is 3. The van der Waals surface area contributed by atoms with E-state index in [1.54, 1.807) is 12.4 Å². The predicted octanol–water partition coefficient (Wildman–Crippen LogP) is 2.74. The van der Waals surface area contributed by atoms with Gasteiger partial charge in [-0.25, -0.2) is 9.97 Å². The van der Waals surface area contributed by atoms with Gasteiger partial charge in [0.05, 0.1) is 6.04 Å². The highest BCUT2D eigenvalue weighted by Gasteiger charge is 2.12. The number of likely N-dealkylation sites (N-methyl/N-ethyl adjacent to an activating group) is 1. The van der Waals surface area contributed by atoms with Crippen molar-refractivity contribution in [3.05, 3.63) is 58.6 Å². The fourth-order valence-electron chi connectivity index (χ4n) is 1.67. The molecule has 1 heterocycles. The van der Waals surface area contributed by atoms with Crippen molar-refractivity contribution in [1.29, 1.82) is 0 Å². The molecule has 1 atom stereocenters. The Morgan fingerprint density at radius 2 is 1.82 bits per heavy atom. The van der Waals surface area contributed by atoms with Gasteiger partial charge in [-0.3, -0.25) is 0 Å². The molecule has 0 saturated carbocycles. The molecule has 0 aliphatic heterocycles. The third-order valence-corrected chi connectivity index (χ3v) is 3.13. The van der Waals surface area contributed by atoms with Gasteiger partial charge in [-0.15, -0.1) is 0 Å². The number of nitrogens with zero attached hydrogens (tertiary/aromatic N) is 2. The molecule has 0 bridgehead atoms. The zero-order chi connectivity index (χ0) is 12.1. The first-order chi connectivity index (χ1) is 8.29. The topological polar surface area (TPSA) is 37.8 Å². The summed E-state index contributed by atoms with van der Waals surface area (Å²) in [7, 11) is 1.93. The van der Waals surface area contributed by atoms with E-state index in [1.807, 2.05) is 25.2 Å². The molecular formula is C13H14BrN3. The fraction of sp³-hybridized carbons (Fsp3) is 0.231. The minimum Gasteiger partial charge on any atom is -0.310 e. The van der Waals surface area contributed by atoms with Gasteiger partial charge in [0, 0.05) is 16.9 Å². The number of halogens is 1. The molecule has 4 heteroatoms. The summed E-state index contributed by atoms with van der Waals surface area (Å²) in [6, 6.07) is 10.3. The Morgan fingerprint density at radius 3 is 2.41 bits per heavy atom. The average Bonchev–Trinajstić information content (AvgIpc) is 2.39. The van der Waals surface area contributed by atoms with Gasteiger partial charge in [0.15, 0.2) is 0 Å². The van der Waals surface area contributed by atoms with Gasteiger partial charge in [0.1, 0.15) is 5.82 Å². The van der Waals surface area contributed by atoms with Crippen LogP contribution < -0.4 is 5.32 Å². The van der Waals surface area contributed by atoms with Gasteiger partial charge in [-0.1, -0.05) is 28.1 Å². The van der Waals surface area contributed by atoms with Crippen LogP contribution in [0.5, 0.6) is 0 Å². The number of aromatic nitrogens is 2. The average molecular weight is 292 g/mol. The molecule has 1 unspecified atom stereocenters. The molecule has 2 aromatic rings. The molecule has 0 saturated heterocycles. The monoisotopic (exact) mass is 291 g/mol. The summed E-state index contributed by atoms with van der Waals surface area (Å²) in [5.41, 5.74) is 1.26. The lowest BCUT2D eigenvalue weighted by Crippen LogP contribution is -2.21. The molecule has 0 radical (unpaired) electrons. The molecule has 88 valence electrons. The zero-order valence-corrected chi connectivity index (χ0v) is 11.2. The highest BCUT2D eigenvalue weighted by Crippen LogP contribution is 2.16. The van der Waals surface area contributed by atoms with Crippen molar-refractivity contribution in [2.75, 3.05) is 7.05 Å². The first-order valence-electron chi connectivity index (χ1n) is 5.48. The highest BCUT2D eigenvalue weighted by atomic mass is 79.9. The van der Waals surface area contributed by atoms with E-state index in [0.717, 1.165) is 16.7 Å². The van der Waals surface area contributed by atoms with Crippen molar-refractivity contribution in [1.82, 2.24) is 15.3 Å². The Bertz CT molecular complexity index is 456. The molecule has 3 nitrogen and oxygen atoms in total. The second kappa shape index (κ2) is 5.89. The van der Waals surface area contributed by atoms with E-state index in [0.29, 0.717) is 0 Å². The van der Waals surface area contributed by atoms with Gasteiger partial charge >= 0.3 is 0 Å². The lowest BCUT2D eigenvalue weighted by atomic mass is 10.1. The number of benzene rings is 1. The van der Waals surface area contributed by atoms with E-state index < -0.39 is 0 Å². The number of nitrogens with one attached hydrogen (secondary N) is 1. The van der Waals surface area contributed by atoms with Crippen LogP contribution in [0, 0.1) is 0 Å². The largest absolute Gasteiger partial charge is 0.310 e. The Hall–Kier alpha value is -1.26. The third kappa shape index (κ3) is 3.35. The first-order valence-corrected chi connectivity index (χ1v) is 6.27. The molecule has 1 aromatic heterocycles. The summed E-state index contributed by atoms with van der Waals surface area (Å²) in [5, 5.41) is 3.24. The Balaban J connectivity index is 2.13. The van der Waals surface area contributed by atoms with Crippen LogP contribution in [-0.4, -0.2) is 17.0 Å². The normalized spacial score (nSPS) is 12.4. The Labute approximate surface area is 109 Å². The molecule has 0 amide bonds. The van der Waals surface area contributed by atoms with E-state index in [-0.39, 0.29) is 6.04 Å². The minimum atomic E-state index is 0.150. The lowest BCUT2D eigenvalue weighted by Gasteiger charge is -2.14. The van der Waals surface area contributed by atoms with E-state index in [2.05, 4.69) is 43.3 Å². The molecular weight excluding hydrogens is 278 g/mol. The van der Waals surface area contributed by atoms with Gasteiger partial charge in [0.2, 0.25) is 0 Å². The van der Waals surface area contributed by atoms with Gasteiger partial charge in [-0.05, 0) is 37.2 Å². The van der Waals surface area contributed by atoms with Crippen molar-refractivity contribution < 1.29 is 0 Å². The Morgan fingerprint density at radius 1 is 1.18 bits per heavy atom. The number of hydrogen-bond donors (Lipinski definition) is 1. The standard InChI is InChI=1S/C13H14BrN3/c1-15-12(13-16-7-2-8-17-13)9-10-3-5-11(14)6-4-10/h2-8,12,15H,9H2,1H3. The first kappa shape index (κ1) is 12.2. The van der Waals surface area contributed by atoms with E-state index >= 15 is 0 Å². The molecule has 0 aliphatic rings. The summed E-state index contributed by atoms with van der Waals surface area (Å²) in [4.78, 5) is 8.56. The van der Waals surface area contributed by atoms with Gasteiger partial charge < -0.3 is 5.32 Å². The summed E-state index contributed by atoms with van der Waals surface area (Å²) in [5.74, 6) is 0.831. The zero-order valence-electron chi connectivity index (χ0n) is 9.60. The molecule has 17 heavy (non-hydrogen) atoms. The van der Waals surface area contributed by atoms with Crippen LogP contribution in [0.4, 0.5) is 0 Å². The van der Waals surface area contributed by atoms with Crippen molar-refractivity contribution >= 4 is 15.9 Å². The van der Waals surface area contributed by atoms with Crippen LogP contribution in [0.15, 0.2) is 47.2 Å². The summed E-state index contributed by atoms with van der Waals surface area (Å²) >= 11 is 3.43. The maximum absolute atomic E-state index is 4.28. The highest BCUT2D eigenvalue weighted by molar-refractivity contribution is 9.10. The maximum atomic E-state index is 4.28. The minimum absolute atomic E-state index is 0.150. The predicted molar refractivity (Wildman–Crippen MR) is 71.7 cm³/mol. The van der Waals surface area contributed by atoms with Gasteiger partial charge in [-0.2, -0.15) is 0 Å². The van der Waals surface area contributed by atoms with E-state index in [1.165, 1.54) is 5.56 Å². The van der Waals surface area contributed by atoms with E-state index in [9.17, 15) is 0 Å². The van der Waals surface area contributed by atoms with Crippen molar-refractivity contribution in [2.45, 2.75) is 12.5 Å². The summed E-state index contributed by atoms with van der Waals surface area (Å²) in [6.07, 6.45) is 4.43. The molecule has 0 fully saturated rings. The SMILES string of the molecule is CNC(Cc1ccc(Br)cc1)c1ncccn1. The maximum Gasteiger partial charge on any atom is 0.145 e. The van der Waals surface area contributed by atoms with Crippen LogP contribution in [0.2, 0.25) is 0 Å². The van der Waals surface area contributed by atoms with Crippen LogP contribution in [0.3, 0.4) is 0 Å². The second-order valence-corrected chi connectivity index (χ2v) is 4.69. The third-order valence-electron chi connectivity index (χ3n) is 2.60. The van der Waals surface area contributed by atoms with Crippen LogP contribution in [-0.2, 0) is 6.42 Å². The van der Waals surface area contributed by atoms with Crippen molar-refractivity contribution in [3.63, 3.8) is 0 Å². The molecule has 1 aromatic carbocycles. The van der Waals surface area contributed by atoms with Crippen LogP contribution >= 0.6 is 15.9 Å². The van der Waals surface area contributed by atoms with Crippen molar-refractivity contribution in [2.24, 2.45) is 0 Å². The molecule has 0 aliphatic carbocycles. The Kier molecular flexibility index (Phi) is 4.23. The molecule has 0 spiro atoms. The lowest BCUT2D eigenvalue weighted by molar-refractivity contribution is 0.557. The smallest absolute Gasteiger partial charge is 0.145 e.